The van der Waals surface area contributed by atoms with E-state index < -0.39 is 0 Å². The van der Waals surface area contributed by atoms with Crippen molar-refractivity contribution in [3.05, 3.63) is 108 Å². The van der Waals surface area contributed by atoms with Crippen LogP contribution in [0.25, 0.3) is 11.3 Å². The highest BCUT2D eigenvalue weighted by molar-refractivity contribution is 5.93. The van der Waals surface area contributed by atoms with E-state index in [1.165, 1.54) is 18.5 Å². The van der Waals surface area contributed by atoms with Gasteiger partial charge in [-0.15, -0.1) is 0 Å². The molecule has 4 aromatic rings. The summed E-state index contributed by atoms with van der Waals surface area (Å²) in [5.41, 5.74) is 4.81. The largest absolute Gasteiger partial charge is 0.337 e. The molecule has 170 valence electrons. The summed E-state index contributed by atoms with van der Waals surface area (Å²) in [5, 5.41) is 0. The third kappa shape index (κ3) is 4.98. The van der Waals surface area contributed by atoms with Gasteiger partial charge in [-0.25, -0.2) is 19.3 Å². The minimum absolute atomic E-state index is 0.0779. The Morgan fingerprint density at radius 2 is 1.76 bits per heavy atom. The van der Waals surface area contributed by atoms with E-state index in [4.69, 9.17) is 4.98 Å². The zero-order chi connectivity index (χ0) is 23.3. The molecule has 3 aromatic heterocycles. The van der Waals surface area contributed by atoms with E-state index in [0.717, 1.165) is 35.4 Å². The van der Waals surface area contributed by atoms with Gasteiger partial charge in [-0.2, -0.15) is 0 Å². The first kappa shape index (κ1) is 21.8. The average molecular weight is 454 g/mol. The quantitative estimate of drug-likeness (QED) is 0.439. The van der Waals surface area contributed by atoms with Crippen LogP contribution in [-0.4, -0.2) is 43.8 Å². The first-order chi connectivity index (χ1) is 16.7. The molecule has 1 aromatic carbocycles. The summed E-state index contributed by atoms with van der Waals surface area (Å²) < 4.78 is 13.2. The fourth-order valence-electron chi connectivity index (χ4n) is 4.35. The van der Waals surface area contributed by atoms with Crippen LogP contribution in [0, 0.1) is 5.82 Å². The summed E-state index contributed by atoms with van der Waals surface area (Å²) in [4.78, 5) is 32.7. The maximum absolute atomic E-state index is 13.3. The fraction of sp³-hybridized carbons (Fsp3) is 0.222. The zero-order valence-electron chi connectivity index (χ0n) is 18.6. The second-order valence-corrected chi connectivity index (χ2v) is 8.48. The molecule has 1 aliphatic rings. The molecule has 1 fully saturated rings. The number of hydrogen-bond acceptors (Lipinski definition) is 5. The molecule has 0 N–H and O–H groups in total. The zero-order valence-corrected chi connectivity index (χ0v) is 18.6. The predicted octanol–water partition coefficient (Wildman–Crippen LogP) is 4.68. The van der Waals surface area contributed by atoms with Gasteiger partial charge >= 0.3 is 0 Å². The molecule has 7 heteroatoms. The molecule has 1 saturated heterocycles. The van der Waals surface area contributed by atoms with E-state index in [1.54, 1.807) is 30.6 Å². The van der Waals surface area contributed by atoms with Crippen LogP contribution < -0.4 is 0 Å². The predicted molar refractivity (Wildman–Crippen MR) is 127 cm³/mol. The van der Waals surface area contributed by atoms with Crippen LogP contribution in [0.4, 0.5) is 4.39 Å². The molecule has 0 radical (unpaired) electrons. The maximum Gasteiger partial charge on any atom is 0.272 e. The first-order valence-electron chi connectivity index (χ1n) is 11.4. The molecule has 1 atom stereocenters. The highest BCUT2D eigenvalue weighted by Crippen LogP contribution is 2.27. The number of rotatable bonds is 5. The van der Waals surface area contributed by atoms with Gasteiger partial charge in [0.05, 0.1) is 5.69 Å². The van der Waals surface area contributed by atoms with Gasteiger partial charge in [-0.05, 0) is 54.8 Å². The van der Waals surface area contributed by atoms with Crippen molar-refractivity contribution in [2.45, 2.75) is 25.2 Å². The number of halogens is 1. The fourth-order valence-corrected chi connectivity index (χ4v) is 4.35. The highest BCUT2D eigenvalue weighted by atomic mass is 19.1. The molecule has 0 aliphatic carbocycles. The van der Waals surface area contributed by atoms with Crippen molar-refractivity contribution in [3.8, 4) is 11.3 Å². The maximum atomic E-state index is 13.3. The Bertz CT molecular complexity index is 1280. The van der Waals surface area contributed by atoms with Crippen LogP contribution >= 0.6 is 0 Å². The number of likely N-dealkylation sites (tertiary alicyclic amines) is 1. The Balaban J connectivity index is 1.30. The number of carbonyl (C=O) groups is 1. The summed E-state index contributed by atoms with van der Waals surface area (Å²) in [6.07, 6.45) is 7.37. The number of piperidine rings is 1. The van der Waals surface area contributed by atoms with E-state index in [2.05, 4.69) is 15.0 Å². The monoisotopic (exact) mass is 453 g/mol. The Morgan fingerprint density at radius 3 is 2.59 bits per heavy atom. The minimum Gasteiger partial charge on any atom is -0.337 e. The molecule has 1 aliphatic heterocycles. The molecular weight excluding hydrogens is 429 g/mol. The second-order valence-electron chi connectivity index (χ2n) is 8.48. The van der Waals surface area contributed by atoms with Crippen LogP contribution in [0.5, 0.6) is 0 Å². The Hall–Kier alpha value is -4.00. The molecule has 6 nitrogen and oxygen atoms in total. The van der Waals surface area contributed by atoms with E-state index in [1.807, 2.05) is 35.2 Å². The molecule has 34 heavy (non-hydrogen) atoms. The van der Waals surface area contributed by atoms with Crippen molar-refractivity contribution >= 4 is 5.91 Å². The van der Waals surface area contributed by atoms with Gasteiger partial charge in [0.25, 0.3) is 5.91 Å². The third-order valence-corrected chi connectivity index (χ3v) is 6.08. The first-order valence-corrected chi connectivity index (χ1v) is 11.4. The summed E-state index contributed by atoms with van der Waals surface area (Å²) in [5.74, 6) is -0.156. The number of amides is 1. The number of pyridine rings is 2. The van der Waals surface area contributed by atoms with Gasteiger partial charge in [0, 0.05) is 54.8 Å². The topological polar surface area (TPSA) is 71.9 Å². The van der Waals surface area contributed by atoms with Gasteiger partial charge in [0.1, 0.15) is 17.8 Å². The summed E-state index contributed by atoms with van der Waals surface area (Å²) >= 11 is 0. The Labute approximate surface area is 197 Å². The van der Waals surface area contributed by atoms with Gasteiger partial charge in [-0.1, -0.05) is 24.3 Å². The van der Waals surface area contributed by atoms with Crippen LogP contribution in [0.15, 0.2) is 79.4 Å². The molecule has 1 amide bonds. The summed E-state index contributed by atoms with van der Waals surface area (Å²) in [6.45, 7) is 1.30. The molecule has 0 saturated carbocycles. The number of carbonyl (C=O) groups excluding carboxylic acids is 1. The molecule has 1 unspecified atom stereocenters. The minimum atomic E-state index is -0.241. The van der Waals surface area contributed by atoms with E-state index in [0.29, 0.717) is 30.9 Å². The lowest BCUT2D eigenvalue weighted by Crippen LogP contribution is -2.39. The third-order valence-electron chi connectivity index (χ3n) is 6.08. The van der Waals surface area contributed by atoms with Crippen molar-refractivity contribution in [1.82, 2.24) is 24.8 Å². The number of hydrogen-bond donors (Lipinski definition) is 0. The molecule has 0 spiro atoms. The van der Waals surface area contributed by atoms with Crippen molar-refractivity contribution in [3.63, 3.8) is 0 Å². The van der Waals surface area contributed by atoms with E-state index in [9.17, 15) is 9.18 Å². The average Bonchev–Trinajstić information content (AvgIpc) is 2.90. The van der Waals surface area contributed by atoms with Crippen molar-refractivity contribution in [1.29, 1.82) is 0 Å². The van der Waals surface area contributed by atoms with E-state index in [-0.39, 0.29) is 17.6 Å². The lowest BCUT2D eigenvalue weighted by Gasteiger charge is -2.32. The van der Waals surface area contributed by atoms with Crippen molar-refractivity contribution < 1.29 is 9.18 Å². The SMILES string of the molecule is O=C(c1cccc(-c2cncnc2)n1)N1CCCC(c2cccc(Cc3ccc(F)cc3)n2)C1. The van der Waals surface area contributed by atoms with Gasteiger partial charge in [0.15, 0.2) is 0 Å². The molecule has 5 rings (SSSR count). The Morgan fingerprint density at radius 1 is 0.971 bits per heavy atom. The number of aromatic nitrogens is 4. The molecule has 0 bridgehead atoms. The normalized spacial score (nSPS) is 15.8. The van der Waals surface area contributed by atoms with Crippen LogP contribution in [0.3, 0.4) is 0 Å². The van der Waals surface area contributed by atoms with Gasteiger partial charge in [-0.3, -0.25) is 9.78 Å². The highest BCUT2D eigenvalue weighted by Gasteiger charge is 2.27. The summed E-state index contributed by atoms with van der Waals surface area (Å²) in [6, 6.07) is 18.0. The van der Waals surface area contributed by atoms with Crippen LogP contribution in [-0.2, 0) is 6.42 Å². The van der Waals surface area contributed by atoms with Crippen LogP contribution in [0.2, 0.25) is 0 Å². The second kappa shape index (κ2) is 9.87. The lowest BCUT2D eigenvalue weighted by atomic mass is 9.93. The Kier molecular flexibility index (Phi) is 6.33. The summed E-state index contributed by atoms with van der Waals surface area (Å²) in [7, 11) is 0. The van der Waals surface area contributed by atoms with Gasteiger partial charge < -0.3 is 4.90 Å². The molecular formula is C27H24FN5O. The van der Waals surface area contributed by atoms with Crippen molar-refractivity contribution in [2.24, 2.45) is 0 Å². The number of nitrogens with zero attached hydrogens (tertiary/aromatic N) is 5. The smallest absolute Gasteiger partial charge is 0.272 e. The van der Waals surface area contributed by atoms with E-state index >= 15 is 0 Å². The van der Waals surface area contributed by atoms with Crippen molar-refractivity contribution in [2.75, 3.05) is 13.1 Å². The van der Waals surface area contributed by atoms with Crippen LogP contribution in [0.1, 0.15) is 46.2 Å². The number of benzene rings is 1. The van der Waals surface area contributed by atoms with Gasteiger partial charge in [0.2, 0.25) is 0 Å². The molecule has 4 heterocycles. The standard InChI is InChI=1S/C27H24FN5O/c28-22-11-9-19(10-12-22)14-23-5-1-6-24(31-23)20-4-3-13-33(17-20)27(34)26-8-2-7-25(32-26)21-15-29-18-30-16-21/h1-2,5-12,15-16,18,20H,3-4,13-14,17H2. The lowest BCUT2D eigenvalue weighted by molar-refractivity contribution is 0.0700.